The van der Waals surface area contributed by atoms with Gasteiger partial charge in [0.15, 0.2) is 5.58 Å². The van der Waals surface area contributed by atoms with Crippen molar-refractivity contribution in [3.63, 3.8) is 0 Å². The summed E-state index contributed by atoms with van der Waals surface area (Å²) in [4.78, 5) is 2.33. The largest absolute Gasteiger partial charge is 0.456 e. The first-order valence-electron chi connectivity index (χ1n) is 18.9. The lowest BCUT2D eigenvalue weighted by Gasteiger charge is -2.26. The van der Waals surface area contributed by atoms with E-state index in [0.29, 0.717) is 0 Å². The molecule has 3 nitrogen and oxygen atoms in total. The molecule has 0 N–H and O–H groups in total. The molecule has 0 bridgehead atoms. The van der Waals surface area contributed by atoms with E-state index < -0.39 is 0 Å². The van der Waals surface area contributed by atoms with Crippen LogP contribution in [0.15, 0.2) is 197 Å². The number of hydrogen-bond acceptors (Lipinski definition) is 4. The van der Waals surface area contributed by atoms with Crippen LogP contribution in [0.3, 0.4) is 0 Å². The van der Waals surface area contributed by atoms with Gasteiger partial charge in [-0.15, -0.1) is 11.3 Å². The Bertz CT molecular complexity index is 3460. The molecule has 12 aromatic rings. The Labute approximate surface area is 325 Å². The SMILES string of the molecule is c1ccc(-c2ccc(N(c3ccc(-c4cccc5c4sc4c5ccc5oc6ccccc6c54)cc3)c3cccc4c3oc3c5ccccc5ccc43)cc2)cc1. The summed E-state index contributed by atoms with van der Waals surface area (Å²) >= 11 is 1.86. The van der Waals surface area contributed by atoms with Gasteiger partial charge in [0.2, 0.25) is 0 Å². The molecule has 3 heterocycles. The minimum atomic E-state index is 0.864. The Kier molecular flexibility index (Phi) is 6.80. The molecule has 0 unspecified atom stereocenters. The lowest BCUT2D eigenvalue weighted by molar-refractivity contribution is 0.669. The number of para-hydroxylation sites is 2. The van der Waals surface area contributed by atoms with Crippen LogP contribution >= 0.6 is 11.3 Å². The predicted molar refractivity (Wildman–Crippen MR) is 237 cm³/mol. The number of benzene rings is 9. The van der Waals surface area contributed by atoms with Crippen molar-refractivity contribution in [2.24, 2.45) is 0 Å². The van der Waals surface area contributed by atoms with E-state index in [-0.39, 0.29) is 0 Å². The molecule has 9 aromatic carbocycles. The van der Waals surface area contributed by atoms with Crippen molar-refractivity contribution in [1.82, 2.24) is 0 Å². The molecule has 0 amide bonds. The van der Waals surface area contributed by atoms with Crippen LogP contribution in [0, 0.1) is 0 Å². The van der Waals surface area contributed by atoms with E-state index in [1.807, 2.05) is 17.4 Å². The minimum absolute atomic E-state index is 0.864. The van der Waals surface area contributed by atoms with Gasteiger partial charge in [-0.25, -0.2) is 0 Å². The van der Waals surface area contributed by atoms with Gasteiger partial charge >= 0.3 is 0 Å². The molecule has 12 rings (SSSR count). The van der Waals surface area contributed by atoms with Crippen molar-refractivity contribution in [3.05, 3.63) is 188 Å². The van der Waals surface area contributed by atoms with E-state index in [9.17, 15) is 0 Å². The molecule has 56 heavy (non-hydrogen) atoms. The van der Waals surface area contributed by atoms with Gasteiger partial charge < -0.3 is 13.7 Å². The van der Waals surface area contributed by atoms with Gasteiger partial charge in [-0.05, 0) is 82.2 Å². The number of nitrogens with zero attached hydrogens (tertiary/aromatic N) is 1. The normalized spacial score (nSPS) is 11.9. The summed E-state index contributed by atoms with van der Waals surface area (Å²) in [7, 11) is 0. The molecule has 3 aromatic heterocycles. The number of rotatable bonds is 5. The number of furan rings is 2. The van der Waals surface area contributed by atoms with Crippen LogP contribution in [0.2, 0.25) is 0 Å². The Hall–Kier alpha value is -7.14. The molecular weight excluding hydrogens is 703 g/mol. The van der Waals surface area contributed by atoms with Crippen LogP contribution in [-0.4, -0.2) is 0 Å². The number of anilines is 3. The van der Waals surface area contributed by atoms with Gasteiger partial charge in [0, 0.05) is 58.5 Å². The predicted octanol–water partition coefficient (Wildman–Crippen LogP) is 15.8. The Morgan fingerprint density at radius 1 is 0.357 bits per heavy atom. The average molecular weight is 734 g/mol. The monoisotopic (exact) mass is 733 g/mol. The van der Waals surface area contributed by atoms with Crippen molar-refractivity contribution in [1.29, 1.82) is 0 Å². The molecule has 0 atom stereocenters. The fraction of sp³-hybridized carbons (Fsp3) is 0. The first-order valence-corrected chi connectivity index (χ1v) is 19.7. The summed E-state index contributed by atoms with van der Waals surface area (Å²) in [6.45, 7) is 0. The molecule has 4 heteroatoms. The van der Waals surface area contributed by atoms with E-state index in [4.69, 9.17) is 8.83 Å². The topological polar surface area (TPSA) is 29.5 Å². The third kappa shape index (κ3) is 4.70. The van der Waals surface area contributed by atoms with Crippen molar-refractivity contribution in [2.75, 3.05) is 4.90 Å². The summed E-state index contributed by atoms with van der Waals surface area (Å²) in [6, 6.07) is 67.1. The van der Waals surface area contributed by atoms with Crippen LogP contribution < -0.4 is 4.90 Å². The highest BCUT2D eigenvalue weighted by Gasteiger charge is 2.21. The van der Waals surface area contributed by atoms with E-state index >= 15 is 0 Å². The summed E-state index contributed by atoms with van der Waals surface area (Å²) in [5.41, 5.74) is 11.5. The zero-order valence-corrected chi connectivity index (χ0v) is 30.9. The van der Waals surface area contributed by atoms with Crippen LogP contribution in [0.1, 0.15) is 0 Å². The molecule has 0 saturated carbocycles. The fourth-order valence-electron chi connectivity index (χ4n) is 8.63. The second-order valence-corrected chi connectivity index (χ2v) is 15.4. The minimum Gasteiger partial charge on any atom is -0.456 e. The molecule has 0 aliphatic rings. The maximum absolute atomic E-state index is 6.89. The smallest absolute Gasteiger partial charge is 0.159 e. The average Bonchev–Trinajstić information content (AvgIpc) is 3.96. The van der Waals surface area contributed by atoms with Gasteiger partial charge in [-0.3, -0.25) is 0 Å². The lowest BCUT2D eigenvalue weighted by Crippen LogP contribution is -2.10. The molecule has 0 aliphatic heterocycles. The first-order chi connectivity index (χ1) is 27.8. The lowest BCUT2D eigenvalue weighted by atomic mass is 10.0. The van der Waals surface area contributed by atoms with Gasteiger partial charge in [0.05, 0.1) is 5.69 Å². The summed E-state index contributed by atoms with van der Waals surface area (Å²) in [5.74, 6) is 0. The van der Waals surface area contributed by atoms with Crippen LogP contribution in [0.25, 0.3) is 97.1 Å². The summed E-state index contributed by atoms with van der Waals surface area (Å²) in [6.07, 6.45) is 0. The molecule has 0 spiro atoms. The number of hydrogen-bond donors (Lipinski definition) is 0. The molecule has 0 saturated heterocycles. The second-order valence-electron chi connectivity index (χ2n) is 14.4. The van der Waals surface area contributed by atoms with E-state index in [0.717, 1.165) is 60.9 Å². The van der Waals surface area contributed by atoms with E-state index in [1.165, 1.54) is 53.2 Å². The van der Waals surface area contributed by atoms with Crippen molar-refractivity contribution in [3.8, 4) is 22.3 Å². The second kappa shape index (κ2) is 12.2. The Balaban J connectivity index is 1.02. The summed E-state index contributed by atoms with van der Waals surface area (Å²) < 4.78 is 15.7. The molecule has 262 valence electrons. The number of thiophene rings is 1. The molecule has 0 radical (unpaired) electrons. The Morgan fingerprint density at radius 3 is 1.82 bits per heavy atom. The zero-order chi connectivity index (χ0) is 36.7. The zero-order valence-electron chi connectivity index (χ0n) is 30.1. The van der Waals surface area contributed by atoms with Crippen LogP contribution in [-0.2, 0) is 0 Å². The van der Waals surface area contributed by atoms with Crippen molar-refractivity contribution < 1.29 is 8.83 Å². The van der Waals surface area contributed by atoms with Crippen LogP contribution in [0.4, 0.5) is 17.1 Å². The summed E-state index contributed by atoms with van der Waals surface area (Å²) in [5, 5.41) is 9.39. The molecule has 0 fully saturated rings. The van der Waals surface area contributed by atoms with Crippen molar-refractivity contribution >= 4 is 103 Å². The third-order valence-electron chi connectivity index (χ3n) is 11.3. The standard InChI is InChI=1S/C52H31NO2S/c1-2-10-32(11-3-1)33-20-25-36(26-21-33)53(45-18-9-16-40-41-29-24-34-12-4-5-13-38(34)49(41)55-50(40)45)37-27-22-35(23-28-37)39-15-8-17-42-43-30-31-47-48(52(43)56-51(39)42)44-14-6-7-19-46(44)54-47/h1-31H. The highest BCUT2D eigenvalue weighted by atomic mass is 32.1. The van der Waals surface area contributed by atoms with Gasteiger partial charge in [-0.1, -0.05) is 133 Å². The van der Waals surface area contributed by atoms with Gasteiger partial charge in [0.25, 0.3) is 0 Å². The number of fused-ring (bicyclic) bond motifs is 12. The first kappa shape index (κ1) is 31.2. The fourth-order valence-corrected chi connectivity index (χ4v) is 10.0. The Morgan fingerprint density at radius 2 is 0.982 bits per heavy atom. The maximum Gasteiger partial charge on any atom is 0.159 e. The highest BCUT2D eigenvalue weighted by molar-refractivity contribution is 7.27. The van der Waals surface area contributed by atoms with Crippen LogP contribution in [0.5, 0.6) is 0 Å². The molecular formula is C52H31NO2S. The highest BCUT2D eigenvalue weighted by Crippen LogP contribution is 2.47. The van der Waals surface area contributed by atoms with Crippen molar-refractivity contribution in [2.45, 2.75) is 0 Å². The third-order valence-corrected chi connectivity index (χ3v) is 12.6. The maximum atomic E-state index is 6.89. The van der Waals surface area contributed by atoms with Gasteiger partial charge in [-0.2, -0.15) is 0 Å². The van der Waals surface area contributed by atoms with E-state index in [2.05, 4.69) is 187 Å². The quantitative estimate of drug-likeness (QED) is 0.176. The molecule has 0 aliphatic carbocycles. The van der Waals surface area contributed by atoms with E-state index in [1.54, 1.807) is 0 Å². The van der Waals surface area contributed by atoms with Gasteiger partial charge in [0.1, 0.15) is 16.7 Å².